The summed E-state index contributed by atoms with van der Waals surface area (Å²) >= 11 is 0. The Morgan fingerprint density at radius 2 is 1.93 bits per heavy atom. The van der Waals surface area contributed by atoms with Gasteiger partial charge in [0, 0.05) is 18.5 Å². The van der Waals surface area contributed by atoms with Crippen LogP contribution in [0, 0.1) is 5.92 Å². The molecule has 1 aromatic carbocycles. The van der Waals surface area contributed by atoms with Crippen LogP contribution in [0.4, 0.5) is 14.5 Å². The molecule has 0 saturated carbocycles. The van der Waals surface area contributed by atoms with Crippen LogP contribution >= 0.6 is 12.4 Å². The number of hydrogen-bond acceptors (Lipinski definition) is 5. The molecular weight excluding hydrogens is 382 g/mol. The smallest absolute Gasteiger partial charge is 0.387 e. The van der Waals surface area contributed by atoms with Gasteiger partial charge in [0.15, 0.2) is 0 Å². The third-order valence-corrected chi connectivity index (χ3v) is 4.94. The van der Waals surface area contributed by atoms with E-state index in [2.05, 4.69) is 20.1 Å². The van der Waals surface area contributed by atoms with Crippen molar-refractivity contribution >= 4 is 30.0 Å². The maximum Gasteiger partial charge on any atom is 0.387 e. The molecular formula is C18H23ClF2N2O4. The minimum absolute atomic E-state index is 0. The molecule has 2 fully saturated rings. The fraction of sp³-hybridized carbons (Fsp3) is 0.556. The van der Waals surface area contributed by atoms with Gasteiger partial charge in [0.05, 0.1) is 18.4 Å². The molecule has 2 heterocycles. The normalized spacial score (nSPS) is 23.5. The van der Waals surface area contributed by atoms with E-state index >= 15 is 0 Å². The molecule has 0 radical (unpaired) electrons. The third-order valence-electron chi connectivity index (χ3n) is 4.94. The molecule has 2 unspecified atom stereocenters. The third kappa shape index (κ3) is 5.52. The van der Waals surface area contributed by atoms with Crippen LogP contribution in [0.15, 0.2) is 18.2 Å². The second-order valence-electron chi connectivity index (χ2n) is 6.81. The number of benzene rings is 1. The van der Waals surface area contributed by atoms with Gasteiger partial charge < -0.3 is 20.1 Å². The molecule has 2 aliphatic rings. The Morgan fingerprint density at radius 1 is 1.26 bits per heavy atom. The van der Waals surface area contributed by atoms with Crippen LogP contribution in [-0.4, -0.2) is 37.7 Å². The lowest BCUT2D eigenvalue weighted by Gasteiger charge is -2.28. The van der Waals surface area contributed by atoms with E-state index < -0.39 is 12.6 Å². The number of anilines is 1. The van der Waals surface area contributed by atoms with Gasteiger partial charge >= 0.3 is 12.6 Å². The second-order valence-corrected chi connectivity index (χ2v) is 6.81. The number of rotatable bonds is 6. The van der Waals surface area contributed by atoms with Crippen LogP contribution in [0.25, 0.3) is 0 Å². The Kier molecular flexibility index (Phi) is 7.38. The fourth-order valence-corrected chi connectivity index (χ4v) is 3.87. The Hall–Kier alpha value is -1.93. The highest BCUT2D eigenvalue weighted by atomic mass is 35.5. The van der Waals surface area contributed by atoms with Gasteiger partial charge in [-0.25, -0.2) is 4.79 Å². The van der Waals surface area contributed by atoms with Gasteiger partial charge in [0.25, 0.3) is 0 Å². The molecule has 1 aromatic rings. The summed E-state index contributed by atoms with van der Waals surface area (Å²) in [4.78, 5) is 23.9. The van der Waals surface area contributed by atoms with Crippen LogP contribution in [0.2, 0.25) is 0 Å². The van der Waals surface area contributed by atoms with Gasteiger partial charge in [0.2, 0.25) is 5.91 Å². The predicted molar refractivity (Wildman–Crippen MR) is 97.6 cm³/mol. The molecule has 2 atom stereocenters. The number of ether oxygens (including phenoxy) is 2. The van der Waals surface area contributed by atoms with E-state index in [0.29, 0.717) is 18.5 Å². The van der Waals surface area contributed by atoms with Gasteiger partial charge in [0.1, 0.15) is 5.75 Å². The summed E-state index contributed by atoms with van der Waals surface area (Å²) in [5, 5.41) is 6.15. The molecule has 2 N–H and O–H groups in total. The maximum absolute atomic E-state index is 12.7. The zero-order chi connectivity index (χ0) is 18.7. The van der Waals surface area contributed by atoms with Crippen molar-refractivity contribution in [2.75, 3.05) is 12.4 Å². The first-order valence-electron chi connectivity index (χ1n) is 8.67. The van der Waals surface area contributed by atoms with Crippen molar-refractivity contribution in [2.45, 2.75) is 50.8 Å². The molecule has 0 aliphatic carbocycles. The SMILES string of the molecule is COC(=O)c1ccc(NC(=O)CC2CC3CCC(C2)N3)c(OC(F)F)c1.Cl. The number of methoxy groups -OCH3 is 1. The molecule has 6 nitrogen and oxygen atoms in total. The van der Waals surface area contributed by atoms with Crippen LogP contribution in [0.1, 0.15) is 42.5 Å². The lowest BCUT2D eigenvalue weighted by molar-refractivity contribution is -0.117. The minimum atomic E-state index is -3.07. The van der Waals surface area contributed by atoms with Crippen molar-refractivity contribution in [1.29, 1.82) is 0 Å². The number of fused-ring (bicyclic) bond motifs is 2. The Labute approximate surface area is 162 Å². The van der Waals surface area contributed by atoms with E-state index in [1.165, 1.54) is 19.2 Å². The molecule has 9 heteroatoms. The predicted octanol–water partition coefficient (Wildman–Crippen LogP) is 3.36. The lowest BCUT2D eigenvalue weighted by atomic mass is 9.89. The topological polar surface area (TPSA) is 76.7 Å². The number of carbonyl (C=O) groups is 2. The van der Waals surface area contributed by atoms with E-state index in [-0.39, 0.29) is 41.2 Å². The van der Waals surface area contributed by atoms with E-state index in [9.17, 15) is 18.4 Å². The van der Waals surface area contributed by atoms with Gasteiger partial charge in [-0.05, 0) is 49.8 Å². The molecule has 0 spiro atoms. The summed E-state index contributed by atoms with van der Waals surface area (Å²) < 4.78 is 34.3. The molecule has 2 aliphatic heterocycles. The highest BCUT2D eigenvalue weighted by molar-refractivity contribution is 5.95. The van der Waals surface area contributed by atoms with Crippen molar-refractivity contribution in [3.63, 3.8) is 0 Å². The fourth-order valence-electron chi connectivity index (χ4n) is 3.87. The van der Waals surface area contributed by atoms with Crippen molar-refractivity contribution in [2.24, 2.45) is 5.92 Å². The molecule has 27 heavy (non-hydrogen) atoms. The molecule has 1 amide bonds. The van der Waals surface area contributed by atoms with Crippen LogP contribution in [0.5, 0.6) is 5.75 Å². The second kappa shape index (κ2) is 9.32. The Morgan fingerprint density at radius 3 is 2.52 bits per heavy atom. The van der Waals surface area contributed by atoms with Crippen molar-refractivity contribution in [3.05, 3.63) is 23.8 Å². The molecule has 0 aromatic heterocycles. The summed E-state index contributed by atoms with van der Waals surface area (Å²) in [5.74, 6) is -0.905. The number of amides is 1. The monoisotopic (exact) mass is 404 g/mol. The Bertz CT molecular complexity index is 677. The number of hydrogen-bond donors (Lipinski definition) is 2. The molecule has 2 bridgehead atoms. The van der Waals surface area contributed by atoms with Gasteiger partial charge in [-0.3, -0.25) is 4.79 Å². The van der Waals surface area contributed by atoms with Crippen molar-refractivity contribution < 1.29 is 27.8 Å². The largest absolute Gasteiger partial charge is 0.465 e. The number of alkyl halides is 2. The first-order chi connectivity index (χ1) is 12.4. The van der Waals surface area contributed by atoms with Gasteiger partial charge in [-0.2, -0.15) is 8.78 Å². The summed E-state index contributed by atoms with van der Waals surface area (Å²) in [6, 6.07) is 4.85. The molecule has 2 saturated heterocycles. The van der Waals surface area contributed by atoms with Crippen LogP contribution < -0.4 is 15.4 Å². The standard InChI is InChI=1S/C18H22F2N2O4.ClH/c1-25-17(24)11-2-5-14(15(9-11)26-18(19)20)22-16(23)8-10-6-12-3-4-13(7-10)21-12;/h2,5,9-10,12-13,18,21H,3-4,6-8H2,1H3,(H,22,23);1H. The number of piperidine rings is 1. The minimum Gasteiger partial charge on any atom is -0.465 e. The van der Waals surface area contributed by atoms with Crippen molar-refractivity contribution in [3.8, 4) is 5.75 Å². The molecule has 3 rings (SSSR count). The van der Waals surface area contributed by atoms with E-state index in [1.54, 1.807) is 0 Å². The summed E-state index contributed by atoms with van der Waals surface area (Å²) in [6.45, 7) is -3.07. The van der Waals surface area contributed by atoms with E-state index in [0.717, 1.165) is 31.7 Å². The van der Waals surface area contributed by atoms with E-state index in [1.807, 2.05) is 0 Å². The highest BCUT2D eigenvalue weighted by Crippen LogP contribution is 2.33. The number of carbonyl (C=O) groups excluding carboxylic acids is 2. The summed E-state index contributed by atoms with van der Waals surface area (Å²) in [6.07, 6.45) is 4.52. The van der Waals surface area contributed by atoms with E-state index in [4.69, 9.17) is 0 Å². The van der Waals surface area contributed by atoms with Crippen LogP contribution in [0.3, 0.4) is 0 Å². The maximum atomic E-state index is 12.7. The molecule has 150 valence electrons. The zero-order valence-electron chi connectivity index (χ0n) is 14.9. The lowest BCUT2D eigenvalue weighted by Crippen LogP contribution is -2.39. The van der Waals surface area contributed by atoms with Crippen molar-refractivity contribution in [1.82, 2.24) is 5.32 Å². The van der Waals surface area contributed by atoms with Gasteiger partial charge in [-0.1, -0.05) is 0 Å². The zero-order valence-corrected chi connectivity index (χ0v) is 15.7. The first kappa shape index (κ1) is 21.4. The quantitative estimate of drug-likeness (QED) is 0.711. The average Bonchev–Trinajstić information content (AvgIpc) is 2.93. The van der Waals surface area contributed by atoms with Gasteiger partial charge in [-0.15, -0.1) is 12.4 Å². The number of halogens is 3. The first-order valence-corrected chi connectivity index (χ1v) is 8.67. The Balaban J connectivity index is 0.00000261. The highest BCUT2D eigenvalue weighted by Gasteiger charge is 2.34. The number of esters is 1. The summed E-state index contributed by atoms with van der Waals surface area (Å²) in [7, 11) is 1.19. The summed E-state index contributed by atoms with van der Waals surface area (Å²) in [5.41, 5.74) is 0.177. The van der Waals surface area contributed by atoms with Crippen LogP contribution in [-0.2, 0) is 9.53 Å². The number of nitrogens with one attached hydrogen (secondary N) is 2. The average molecular weight is 405 g/mol.